The fraction of sp³-hybridized carbons (Fsp3) is 0.341. The maximum Gasteiger partial charge on any atom is 0.324 e. The molecule has 318 valence electrons. The maximum absolute atomic E-state index is 13.4. The lowest BCUT2D eigenvalue weighted by Gasteiger charge is -2.33. The van der Waals surface area contributed by atoms with Gasteiger partial charge >= 0.3 is 6.03 Å². The van der Waals surface area contributed by atoms with E-state index in [-0.39, 0.29) is 35.2 Å². The summed E-state index contributed by atoms with van der Waals surface area (Å²) >= 11 is 0. The first kappa shape index (κ1) is 43.5. The van der Waals surface area contributed by atoms with E-state index < -0.39 is 21.5 Å². The van der Waals surface area contributed by atoms with Gasteiger partial charge in [-0.1, -0.05) is 45.0 Å². The molecule has 0 radical (unpaired) electrons. The highest BCUT2D eigenvalue weighted by Crippen LogP contribution is 2.46. The van der Waals surface area contributed by atoms with E-state index in [1.165, 1.54) is 19.1 Å². The number of nitrogens with zero attached hydrogens (tertiary/aromatic N) is 3. The maximum atomic E-state index is 13.4. The first-order valence-corrected chi connectivity index (χ1v) is 21.5. The smallest absolute Gasteiger partial charge is 0.324 e. The summed E-state index contributed by atoms with van der Waals surface area (Å²) in [6.45, 7) is 12.8. The highest BCUT2D eigenvalue weighted by atomic mass is 32.2. The molecule has 0 spiro atoms. The van der Waals surface area contributed by atoms with Gasteiger partial charge in [-0.2, -0.15) is 0 Å². The lowest BCUT2D eigenvalue weighted by Crippen LogP contribution is -2.51. The number of hydrogen-bond donors (Lipinski definition) is 5. The number of aromatic nitrogens is 1. The van der Waals surface area contributed by atoms with Crippen molar-refractivity contribution in [2.75, 3.05) is 55.0 Å². The molecule has 6 N–H and O–H groups in total. The van der Waals surface area contributed by atoms with Gasteiger partial charge in [0.1, 0.15) is 23.1 Å². The van der Waals surface area contributed by atoms with Crippen molar-refractivity contribution in [3.8, 4) is 23.0 Å². The van der Waals surface area contributed by atoms with E-state index in [0.29, 0.717) is 50.8 Å². The van der Waals surface area contributed by atoms with Crippen LogP contribution in [-0.2, 0) is 15.4 Å². The number of pyridine rings is 1. The van der Waals surface area contributed by atoms with Crippen molar-refractivity contribution in [1.29, 1.82) is 0 Å². The van der Waals surface area contributed by atoms with Crippen LogP contribution in [0.25, 0.3) is 10.8 Å². The van der Waals surface area contributed by atoms with Gasteiger partial charge in [0.15, 0.2) is 5.75 Å². The zero-order valence-corrected chi connectivity index (χ0v) is 36.1. The van der Waals surface area contributed by atoms with E-state index >= 15 is 0 Å². The van der Waals surface area contributed by atoms with E-state index in [1.807, 2.05) is 52.0 Å². The number of carbonyl (C=O) groups is 2. The Hall–Kier alpha value is -6.10. The number of benzene rings is 4. The van der Waals surface area contributed by atoms with Gasteiger partial charge in [-0.25, -0.2) is 18.2 Å². The Morgan fingerprint density at radius 2 is 1.72 bits per heavy atom. The van der Waals surface area contributed by atoms with Crippen LogP contribution in [0.3, 0.4) is 0 Å². The Labute approximate surface area is 351 Å². The van der Waals surface area contributed by atoms with E-state index in [9.17, 15) is 18.0 Å². The number of fused-ring (bicyclic) bond motifs is 1. The van der Waals surface area contributed by atoms with Crippen LogP contribution in [0.15, 0.2) is 85.1 Å². The summed E-state index contributed by atoms with van der Waals surface area (Å²) in [5.41, 5.74) is 8.32. The Bertz CT molecular complexity index is 2490. The summed E-state index contributed by atoms with van der Waals surface area (Å²) in [6.07, 6.45) is 3.50. The monoisotopic (exact) mass is 838 g/mol. The minimum absolute atomic E-state index is 0.120. The molecule has 2 atom stereocenters. The predicted octanol–water partition coefficient (Wildman–Crippen LogP) is 7.43. The zero-order valence-electron chi connectivity index (χ0n) is 35.3. The lowest BCUT2D eigenvalue weighted by molar-refractivity contribution is 0.0820. The second-order valence-corrected chi connectivity index (χ2v) is 17.6. The average Bonchev–Trinajstić information content (AvgIpc) is 3.41. The van der Waals surface area contributed by atoms with Crippen molar-refractivity contribution >= 4 is 61.3 Å². The van der Waals surface area contributed by atoms with Crippen LogP contribution in [0, 0.1) is 0 Å². The molecule has 1 aliphatic heterocycles. The zero-order chi connectivity index (χ0) is 43.4. The van der Waals surface area contributed by atoms with Crippen molar-refractivity contribution in [3.63, 3.8) is 0 Å². The Kier molecular flexibility index (Phi) is 13.1. The van der Waals surface area contributed by atoms with Gasteiger partial charge in [0, 0.05) is 53.9 Å². The fourth-order valence-corrected chi connectivity index (χ4v) is 7.90. The first-order chi connectivity index (χ1) is 28.5. The summed E-state index contributed by atoms with van der Waals surface area (Å²) < 4.78 is 45.2. The number of primary amides is 1. The molecule has 3 amide bonds. The van der Waals surface area contributed by atoms with Gasteiger partial charge in [0.2, 0.25) is 10.0 Å². The first-order valence-electron chi connectivity index (χ1n) is 19.6. The number of carbonyl (C=O) groups excluding carboxylic acids is 2. The third-order valence-corrected chi connectivity index (χ3v) is 10.9. The number of amides is 3. The number of anilines is 5. The van der Waals surface area contributed by atoms with Crippen molar-refractivity contribution in [2.45, 2.75) is 58.7 Å². The molecule has 1 fully saturated rings. The number of ether oxygens (including phenoxy) is 3. The number of hydrogen-bond acceptors (Lipinski definition) is 11. The SMILES string of the molecule is COc1cc(Nc2cc(Oc3ccc(N(C(N)=O)c4cc(C(C)(C)C)cc(NS(C)(=O)=O)c4OC)c4ccccc34)ccn2)ccc1C(=O)NC(C)N1CCCNCC1C. The van der Waals surface area contributed by atoms with Crippen molar-refractivity contribution in [1.82, 2.24) is 20.5 Å². The molecule has 0 aliphatic carbocycles. The van der Waals surface area contributed by atoms with Crippen LogP contribution in [-0.4, -0.2) is 82.6 Å². The van der Waals surface area contributed by atoms with Crippen LogP contribution < -0.4 is 45.5 Å². The van der Waals surface area contributed by atoms with Crippen molar-refractivity contribution in [2.24, 2.45) is 5.73 Å². The van der Waals surface area contributed by atoms with Crippen LogP contribution >= 0.6 is 0 Å². The van der Waals surface area contributed by atoms with Gasteiger partial charge in [-0.15, -0.1) is 0 Å². The van der Waals surface area contributed by atoms with Gasteiger partial charge in [-0.05, 0) is 80.3 Å². The number of rotatable bonds is 13. The lowest BCUT2D eigenvalue weighted by atomic mass is 9.86. The van der Waals surface area contributed by atoms with Crippen molar-refractivity contribution in [3.05, 3.63) is 96.2 Å². The van der Waals surface area contributed by atoms with Crippen LogP contribution in [0.2, 0.25) is 0 Å². The highest BCUT2D eigenvalue weighted by Gasteiger charge is 2.29. The topological polar surface area (TPSA) is 189 Å². The predicted molar refractivity (Wildman–Crippen MR) is 237 cm³/mol. The van der Waals surface area contributed by atoms with Gasteiger partial charge in [0.05, 0.1) is 49.3 Å². The Morgan fingerprint density at radius 3 is 2.40 bits per heavy atom. The highest BCUT2D eigenvalue weighted by molar-refractivity contribution is 7.92. The minimum atomic E-state index is -3.72. The van der Waals surface area contributed by atoms with Gasteiger partial charge in [0.25, 0.3) is 5.91 Å². The number of methoxy groups -OCH3 is 2. The third kappa shape index (κ3) is 10.0. The normalized spacial score (nSPS) is 15.4. The molecule has 0 bridgehead atoms. The molecule has 16 heteroatoms. The van der Waals surface area contributed by atoms with Gasteiger partial charge < -0.3 is 35.9 Å². The number of nitrogens with two attached hydrogens (primary N) is 1. The standard InChI is InChI=1S/C44H54N8O7S/c1-27-26-46-19-11-21-51(27)28(2)48-42(53)34-15-14-30(24-39(34)57-6)49-40-25-31(18-20-47-40)59-38-17-16-36(32-12-9-10-13-33(32)38)52(43(45)54)37-23-29(44(3,4)5)22-35(41(37)58-7)50-60(8,55)56/h9-10,12-18,20,22-25,27-28,46,50H,11,19,21,26H2,1-8H3,(H2,45,54)(H,47,49)(H,48,53). The minimum Gasteiger partial charge on any atom is -0.496 e. The summed E-state index contributed by atoms with van der Waals surface area (Å²) in [4.78, 5) is 34.9. The van der Waals surface area contributed by atoms with E-state index in [0.717, 1.165) is 37.9 Å². The molecule has 1 aliphatic rings. The molecule has 60 heavy (non-hydrogen) atoms. The second kappa shape index (κ2) is 18.0. The molecule has 15 nitrogen and oxygen atoms in total. The molecule has 2 heterocycles. The van der Waals surface area contributed by atoms with E-state index in [2.05, 4.69) is 37.5 Å². The quantitative estimate of drug-likeness (QED) is 0.0793. The molecular formula is C44H54N8O7S. The Balaban J connectivity index is 1.27. The molecule has 5 aromatic rings. The van der Waals surface area contributed by atoms with Crippen LogP contribution in [0.4, 0.5) is 33.4 Å². The summed E-state index contributed by atoms with van der Waals surface area (Å²) in [6, 6.07) is 22.5. The second-order valence-electron chi connectivity index (χ2n) is 15.8. The number of urea groups is 1. The third-order valence-electron chi connectivity index (χ3n) is 10.3. The molecule has 0 saturated carbocycles. The van der Waals surface area contributed by atoms with Crippen LogP contribution in [0.5, 0.6) is 23.0 Å². The van der Waals surface area contributed by atoms with Crippen molar-refractivity contribution < 1.29 is 32.2 Å². The molecular weight excluding hydrogens is 785 g/mol. The number of sulfonamides is 1. The number of nitrogens with one attached hydrogen (secondary N) is 4. The van der Waals surface area contributed by atoms with E-state index in [4.69, 9.17) is 19.9 Å². The average molecular weight is 839 g/mol. The fourth-order valence-electron chi connectivity index (χ4n) is 7.34. The summed E-state index contributed by atoms with van der Waals surface area (Å²) in [5.74, 6) is 1.74. The summed E-state index contributed by atoms with van der Waals surface area (Å²) in [7, 11) is -0.794. The molecule has 6 rings (SSSR count). The van der Waals surface area contributed by atoms with Gasteiger partial charge in [-0.3, -0.25) is 19.3 Å². The van der Waals surface area contributed by atoms with Crippen LogP contribution in [0.1, 0.15) is 57.0 Å². The Morgan fingerprint density at radius 1 is 0.967 bits per heavy atom. The molecule has 4 aromatic carbocycles. The van der Waals surface area contributed by atoms with E-state index in [1.54, 1.807) is 60.8 Å². The molecule has 2 unspecified atom stereocenters. The molecule has 1 saturated heterocycles. The summed E-state index contributed by atoms with van der Waals surface area (Å²) in [5, 5.41) is 11.1. The molecule has 1 aromatic heterocycles. The largest absolute Gasteiger partial charge is 0.496 e.